The van der Waals surface area contributed by atoms with E-state index in [1.54, 1.807) is 0 Å². The predicted octanol–water partition coefficient (Wildman–Crippen LogP) is 1.48. The molecule has 1 aromatic carbocycles. The molecule has 1 aromatic rings. The van der Waals surface area contributed by atoms with Crippen molar-refractivity contribution in [2.24, 2.45) is 0 Å². The van der Waals surface area contributed by atoms with Gasteiger partial charge in [-0.2, -0.15) is 0 Å². The van der Waals surface area contributed by atoms with Gasteiger partial charge in [-0.3, -0.25) is 14.5 Å². The Bertz CT molecular complexity index is 491. The zero-order valence-corrected chi connectivity index (χ0v) is 12.4. The van der Waals surface area contributed by atoms with Crippen molar-refractivity contribution in [2.75, 3.05) is 32.7 Å². The van der Waals surface area contributed by atoms with Gasteiger partial charge in [0.15, 0.2) is 0 Å². The second-order valence-corrected chi connectivity index (χ2v) is 5.33. The molecule has 1 aliphatic rings. The number of nitrogens with zero attached hydrogens (tertiary/aromatic N) is 2. The summed E-state index contributed by atoms with van der Waals surface area (Å²) in [5, 5.41) is 8.68. The monoisotopic (exact) mass is 290 g/mol. The lowest BCUT2D eigenvalue weighted by atomic mass is 10.1. The molecule has 0 bridgehead atoms. The smallest absolute Gasteiger partial charge is 0.304 e. The molecule has 2 rings (SSSR count). The molecular formula is C16H22N2O3. The van der Waals surface area contributed by atoms with E-state index in [0.717, 1.165) is 25.1 Å². The number of rotatable bonds is 5. The molecule has 0 atom stereocenters. The fourth-order valence-corrected chi connectivity index (χ4v) is 2.49. The van der Waals surface area contributed by atoms with Crippen LogP contribution in [-0.2, 0) is 11.2 Å². The molecular weight excluding hydrogens is 268 g/mol. The summed E-state index contributed by atoms with van der Waals surface area (Å²) >= 11 is 0. The number of carbonyl (C=O) groups is 2. The van der Waals surface area contributed by atoms with E-state index >= 15 is 0 Å². The Hall–Kier alpha value is -1.88. The van der Waals surface area contributed by atoms with Crippen LogP contribution in [0.5, 0.6) is 0 Å². The normalized spacial score (nSPS) is 16.0. The van der Waals surface area contributed by atoms with Gasteiger partial charge < -0.3 is 10.0 Å². The molecule has 1 N–H and O–H groups in total. The SMILES string of the molecule is CCc1ccc(C(=O)N2CCN(CCC(=O)O)CC2)cc1. The first-order chi connectivity index (χ1) is 10.1. The number of carboxylic acid groups (broad SMARTS) is 1. The molecule has 0 radical (unpaired) electrons. The summed E-state index contributed by atoms with van der Waals surface area (Å²) in [5.74, 6) is -0.708. The number of aliphatic carboxylic acids is 1. The molecule has 0 unspecified atom stereocenters. The van der Waals surface area contributed by atoms with E-state index in [-0.39, 0.29) is 12.3 Å². The number of amides is 1. The molecule has 1 amide bonds. The Balaban J connectivity index is 1.86. The van der Waals surface area contributed by atoms with Crippen LogP contribution in [0.1, 0.15) is 29.3 Å². The van der Waals surface area contributed by atoms with Gasteiger partial charge in [0.2, 0.25) is 0 Å². The van der Waals surface area contributed by atoms with Crippen molar-refractivity contribution in [1.82, 2.24) is 9.80 Å². The number of hydrogen-bond acceptors (Lipinski definition) is 3. The van der Waals surface area contributed by atoms with Gasteiger partial charge in [0, 0.05) is 38.3 Å². The van der Waals surface area contributed by atoms with Crippen LogP contribution in [0.25, 0.3) is 0 Å². The summed E-state index contributed by atoms with van der Waals surface area (Å²) in [7, 11) is 0. The van der Waals surface area contributed by atoms with Gasteiger partial charge in [-0.15, -0.1) is 0 Å². The highest BCUT2D eigenvalue weighted by atomic mass is 16.4. The van der Waals surface area contributed by atoms with E-state index in [4.69, 9.17) is 5.11 Å². The third-order valence-corrected chi connectivity index (χ3v) is 3.91. The summed E-state index contributed by atoms with van der Waals surface area (Å²) < 4.78 is 0. The molecule has 1 heterocycles. The summed E-state index contributed by atoms with van der Waals surface area (Å²) in [5.41, 5.74) is 1.95. The molecule has 5 nitrogen and oxygen atoms in total. The number of carbonyl (C=O) groups excluding carboxylic acids is 1. The first kappa shape index (κ1) is 15.5. The van der Waals surface area contributed by atoms with Gasteiger partial charge in [0.1, 0.15) is 0 Å². The molecule has 0 aromatic heterocycles. The molecule has 114 valence electrons. The third-order valence-electron chi connectivity index (χ3n) is 3.91. The molecule has 21 heavy (non-hydrogen) atoms. The first-order valence-electron chi connectivity index (χ1n) is 7.42. The van der Waals surface area contributed by atoms with Crippen molar-refractivity contribution in [1.29, 1.82) is 0 Å². The van der Waals surface area contributed by atoms with Gasteiger partial charge in [-0.25, -0.2) is 0 Å². The van der Waals surface area contributed by atoms with Crippen molar-refractivity contribution in [2.45, 2.75) is 19.8 Å². The maximum atomic E-state index is 12.4. The molecule has 5 heteroatoms. The molecule has 0 aliphatic carbocycles. The molecule has 0 spiro atoms. The van der Waals surface area contributed by atoms with Crippen LogP contribution in [0.4, 0.5) is 0 Å². The van der Waals surface area contributed by atoms with Crippen molar-refractivity contribution >= 4 is 11.9 Å². The lowest BCUT2D eigenvalue weighted by Crippen LogP contribution is -2.49. The predicted molar refractivity (Wildman–Crippen MR) is 80.4 cm³/mol. The number of piperazine rings is 1. The molecule has 1 fully saturated rings. The van der Waals surface area contributed by atoms with E-state index in [0.29, 0.717) is 19.6 Å². The number of benzene rings is 1. The minimum atomic E-state index is -0.774. The van der Waals surface area contributed by atoms with Crippen molar-refractivity contribution in [3.05, 3.63) is 35.4 Å². The summed E-state index contributed by atoms with van der Waals surface area (Å²) in [6.07, 6.45) is 1.13. The van der Waals surface area contributed by atoms with Gasteiger partial charge >= 0.3 is 5.97 Å². The lowest BCUT2D eigenvalue weighted by molar-refractivity contribution is -0.137. The third kappa shape index (κ3) is 4.29. The van der Waals surface area contributed by atoms with E-state index in [9.17, 15) is 9.59 Å². The van der Waals surface area contributed by atoms with E-state index in [1.165, 1.54) is 5.56 Å². The minimum Gasteiger partial charge on any atom is -0.481 e. The zero-order chi connectivity index (χ0) is 15.2. The topological polar surface area (TPSA) is 60.9 Å². The zero-order valence-electron chi connectivity index (χ0n) is 12.4. The highest BCUT2D eigenvalue weighted by Crippen LogP contribution is 2.11. The maximum absolute atomic E-state index is 12.4. The molecule has 1 saturated heterocycles. The lowest BCUT2D eigenvalue weighted by Gasteiger charge is -2.34. The van der Waals surface area contributed by atoms with Crippen LogP contribution >= 0.6 is 0 Å². The van der Waals surface area contributed by atoms with Crippen LogP contribution < -0.4 is 0 Å². The van der Waals surface area contributed by atoms with Crippen LogP contribution in [0.3, 0.4) is 0 Å². The standard InChI is InChI=1S/C16H22N2O3/c1-2-13-3-5-14(6-4-13)16(21)18-11-9-17(10-12-18)8-7-15(19)20/h3-6H,2,7-12H2,1H3,(H,19,20). The Morgan fingerprint density at radius 3 is 2.24 bits per heavy atom. The minimum absolute atomic E-state index is 0.0653. The van der Waals surface area contributed by atoms with E-state index in [2.05, 4.69) is 11.8 Å². The van der Waals surface area contributed by atoms with Gasteiger partial charge in [-0.1, -0.05) is 19.1 Å². The first-order valence-corrected chi connectivity index (χ1v) is 7.42. The molecule has 1 aliphatic heterocycles. The van der Waals surface area contributed by atoms with Crippen LogP contribution in [0, 0.1) is 0 Å². The average Bonchev–Trinajstić information content (AvgIpc) is 2.53. The summed E-state index contributed by atoms with van der Waals surface area (Å²) in [4.78, 5) is 26.9. The second kappa shape index (κ2) is 7.22. The highest BCUT2D eigenvalue weighted by molar-refractivity contribution is 5.94. The highest BCUT2D eigenvalue weighted by Gasteiger charge is 2.22. The molecule has 0 saturated carbocycles. The van der Waals surface area contributed by atoms with Crippen molar-refractivity contribution in [3.8, 4) is 0 Å². The quantitative estimate of drug-likeness (QED) is 0.892. The number of aryl methyl sites for hydroxylation is 1. The van der Waals surface area contributed by atoms with Gasteiger partial charge in [0.05, 0.1) is 6.42 Å². The largest absolute Gasteiger partial charge is 0.481 e. The number of carboxylic acids is 1. The Kier molecular flexibility index (Phi) is 5.33. The van der Waals surface area contributed by atoms with Crippen LogP contribution in [0.2, 0.25) is 0 Å². The van der Waals surface area contributed by atoms with Crippen LogP contribution in [0.15, 0.2) is 24.3 Å². The van der Waals surface area contributed by atoms with Crippen LogP contribution in [-0.4, -0.2) is 59.5 Å². The van der Waals surface area contributed by atoms with Crippen molar-refractivity contribution in [3.63, 3.8) is 0 Å². The summed E-state index contributed by atoms with van der Waals surface area (Å²) in [6, 6.07) is 7.77. The van der Waals surface area contributed by atoms with Crippen molar-refractivity contribution < 1.29 is 14.7 Å². The van der Waals surface area contributed by atoms with E-state index in [1.807, 2.05) is 29.2 Å². The second-order valence-electron chi connectivity index (χ2n) is 5.33. The number of hydrogen-bond donors (Lipinski definition) is 1. The fraction of sp³-hybridized carbons (Fsp3) is 0.500. The van der Waals surface area contributed by atoms with E-state index < -0.39 is 5.97 Å². The van der Waals surface area contributed by atoms with Gasteiger partial charge in [-0.05, 0) is 24.1 Å². The average molecular weight is 290 g/mol. The fourth-order valence-electron chi connectivity index (χ4n) is 2.49. The Labute approximate surface area is 125 Å². The summed E-state index contributed by atoms with van der Waals surface area (Å²) in [6.45, 7) is 5.45. The Morgan fingerprint density at radius 2 is 1.71 bits per heavy atom. The Morgan fingerprint density at radius 1 is 1.10 bits per heavy atom. The van der Waals surface area contributed by atoms with Gasteiger partial charge in [0.25, 0.3) is 5.91 Å². The maximum Gasteiger partial charge on any atom is 0.304 e.